The summed E-state index contributed by atoms with van der Waals surface area (Å²) in [6.07, 6.45) is 1.14. The van der Waals surface area contributed by atoms with Gasteiger partial charge in [0.1, 0.15) is 0 Å². The van der Waals surface area contributed by atoms with Crippen LogP contribution in [0.2, 0.25) is 0 Å². The molecule has 2 unspecified atom stereocenters. The van der Waals surface area contributed by atoms with Crippen LogP contribution in [0.15, 0.2) is 24.3 Å². The topological polar surface area (TPSA) is 57.9 Å². The Hall–Kier alpha value is -1.55. The average molecular weight is 230 g/mol. The highest BCUT2D eigenvalue weighted by molar-refractivity contribution is 5.77. The molecule has 2 atom stereocenters. The van der Waals surface area contributed by atoms with Gasteiger partial charge in [-0.25, -0.2) is 4.98 Å². The molecule has 17 heavy (non-hydrogen) atoms. The smallest absolute Gasteiger partial charge is 0.203 e. The molecule has 0 amide bonds. The van der Waals surface area contributed by atoms with Gasteiger partial charge < -0.3 is 15.6 Å². The molecule has 1 saturated heterocycles. The minimum atomic E-state index is 0.247. The number of rotatable bonds is 1. The number of hydrogen-bond acceptors (Lipinski definition) is 3. The highest BCUT2D eigenvalue weighted by Crippen LogP contribution is 2.22. The van der Waals surface area contributed by atoms with E-state index in [4.69, 9.17) is 5.73 Å². The molecule has 3 N–H and O–H groups in total. The summed E-state index contributed by atoms with van der Waals surface area (Å²) >= 11 is 0. The first kappa shape index (κ1) is 10.6. The molecule has 2 aromatic rings. The van der Waals surface area contributed by atoms with Crippen LogP contribution in [0, 0.1) is 5.92 Å². The minimum Gasteiger partial charge on any atom is -0.341 e. The summed E-state index contributed by atoms with van der Waals surface area (Å²) in [6.45, 7) is 4.15. The van der Waals surface area contributed by atoms with Crippen molar-refractivity contribution in [2.45, 2.75) is 19.4 Å². The lowest BCUT2D eigenvalue weighted by Crippen LogP contribution is -2.48. The van der Waals surface area contributed by atoms with Gasteiger partial charge in [-0.3, -0.25) is 0 Å². The minimum absolute atomic E-state index is 0.247. The van der Waals surface area contributed by atoms with E-state index in [0.717, 1.165) is 36.5 Å². The maximum Gasteiger partial charge on any atom is 0.203 e. The van der Waals surface area contributed by atoms with Crippen LogP contribution in [0.1, 0.15) is 13.3 Å². The fourth-order valence-corrected chi connectivity index (χ4v) is 2.38. The van der Waals surface area contributed by atoms with Crippen molar-refractivity contribution in [3.63, 3.8) is 0 Å². The predicted molar refractivity (Wildman–Crippen MR) is 70.1 cm³/mol. The van der Waals surface area contributed by atoms with Crippen LogP contribution < -0.4 is 10.6 Å². The Kier molecular flexibility index (Phi) is 2.52. The number of hydrogen-bond donors (Lipinski definition) is 2. The summed E-state index contributed by atoms with van der Waals surface area (Å²) in [5.74, 6) is 1.56. The summed E-state index contributed by atoms with van der Waals surface area (Å²) in [7, 11) is 0. The highest BCUT2D eigenvalue weighted by Gasteiger charge is 2.24. The summed E-state index contributed by atoms with van der Waals surface area (Å²) in [5, 5.41) is 0. The largest absolute Gasteiger partial charge is 0.341 e. The Morgan fingerprint density at radius 2 is 2.24 bits per heavy atom. The van der Waals surface area contributed by atoms with E-state index in [1.165, 1.54) is 0 Å². The number of nitrogens with zero attached hydrogens (tertiary/aromatic N) is 2. The molecule has 0 spiro atoms. The van der Waals surface area contributed by atoms with E-state index in [1.807, 2.05) is 18.2 Å². The van der Waals surface area contributed by atoms with Crippen LogP contribution in [0.25, 0.3) is 11.0 Å². The van der Waals surface area contributed by atoms with E-state index >= 15 is 0 Å². The molecule has 0 aliphatic carbocycles. The number of aromatic amines is 1. The van der Waals surface area contributed by atoms with Gasteiger partial charge in [0.05, 0.1) is 11.0 Å². The number of fused-ring (bicyclic) bond motifs is 1. The zero-order chi connectivity index (χ0) is 11.8. The Balaban J connectivity index is 1.88. The van der Waals surface area contributed by atoms with Crippen molar-refractivity contribution in [3.8, 4) is 0 Å². The number of nitrogens with one attached hydrogen (secondary N) is 1. The number of para-hydroxylation sites is 2. The third-order valence-electron chi connectivity index (χ3n) is 3.69. The van der Waals surface area contributed by atoms with Gasteiger partial charge in [0.2, 0.25) is 5.95 Å². The number of nitrogens with two attached hydrogens (primary N) is 1. The van der Waals surface area contributed by atoms with E-state index in [0.29, 0.717) is 5.92 Å². The van der Waals surface area contributed by atoms with E-state index < -0.39 is 0 Å². The molecule has 1 fully saturated rings. The zero-order valence-corrected chi connectivity index (χ0v) is 10.1. The molecule has 3 rings (SSSR count). The van der Waals surface area contributed by atoms with Crippen LogP contribution in [0.3, 0.4) is 0 Å². The number of anilines is 1. The SMILES string of the molecule is CC1CCN(c2nc3ccccc3[nH]2)CC1N. The first-order chi connectivity index (χ1) is 8.24. The first-order valence-corrected chi connectivity index (χ1v) is 6.19. The van der Waals surface area contributed by atoms with Crippen LogP contribution in [0.4, 0.5) is 5.95 Å². The zero-order valence-electron chi connectivity index (χ0n) is 10.1. The molecule has 1 aromatic heterocycles. The van der Waals surface area contributed by atoms with Gasteiger partial charge in [-0.1, -0.05) is 19.1 Å². The van der Waals surface area contributed by atoms with E-state index in [1.54, 1.807) is 0 Å². The van der Waals surface area contributed by atoms with Gasteiger partial charge in [-0.05, 0) is 24.5 Å². The lowest BCUT2D eigenvalue weighted by atomic mass is 9.95. The van der Waals surface area contributed by atoms with E-state index in [2.05, 4.69) is 27.9 Å². The maximum absolute atomic E-state index is 6.12. The molecule has 0 saturated carbocycles. The van der Waals surface area contributed by atoms with Crippen molar-refractivity contribution < 1.29 is 0 Å². The molecule has 4 nitrogen and oxygen atoms in total. The third-order valence-corrected chi connectivity index (χ3v) is 3.69. The van der Waals surface area contributed by atoms with Crippen molar-refractivity contribution in [3.05, 3.63) is 24.3 Å². The second-order valence-corrected chi connectivity index (χ2v) is 4.95. The molecular formula is C13H18N4. The van der Waals surface area contributed by atoms with Crippen LogP contribution >= 0.6 is 0 Å². The number of H-pyrrole nitrogens is 1. The van der Waals surface area contributed by atoms with E-state index in [9.17, 15) is 0 Å². The molecule has 2 heterocycles. The van der Waals surface area contributed by atoms with Gasteiger partial charge in [-0.15, -0.1) is 0 Å². The summed E-state index contributed by atoms with van der Waals surface area (Å²) < 4.78 is 0. The molecule has 1 aromatic carbocycles. The van der Waals surface area contributed by atoms with Crippen LogP contribution in [-0.2, 0) is 0 Å². The molecule has 1 aliphatic heterocycles. The lowest BCUT2D eigenvalue weighted by molar-refractivity contribution is 0.377. The fraction of sp³-hybridized carbons (Fsp3) is 0.462. The molecule has 1 aliphatic rings. The molecular weight excluding hydrogens is 212 g/mol. The summed E-state index contributed by atoms with van der Waals surface area (Å²) in [5.41, 5.74) is 8.23. The van der Waals surface area contributed by atoms with Crippen molar-refractivity contribution in [2.24, 2.45) is 11.7 Å². The normalized spacial score (nSPS) is 25.4. The number of benzene rings is 1. The summed E-state index contributed by atoms with van der Waals surface area (Å²) in [6, 6.07) is 8.36. The van der Waals surface area contributed by atoms with Gasteiger partial charge in [0.25, 0.3) is 0 Å². The number of imidazole rings is 1. The van der Waals surface area contributed by atoms with Gasteiger partial charge in [-0.2, -0.15) is 0 Å². The van der Waals surface area contributed by atoms with Crippen molar-refractivity contribution in [1.29, 1.82) is 0 Å². The second kappa shape index (κ2) is 4.04. The highest BCUT2D eigenvalue weighted by atomic mass is 15.3. The van der Waals surface area contributed by atoms with Crippen molar-refractivity contribution in [1.82, 2.24) is 9.97 Å². The lowest BCUT2D eigenvalue weighted by Gasteiger charge is -2.34. The monoisotopic (exact) mass is 230 g/mol. The first-order valence-electron chi connectivity index (χ1n) is 6.19. The van der Waals surface area contributed by atoms with Gasteiger partial charge >= 0.3 is 0 Å². The van der Waals surface area contributed by atoms with Crippen LogP contribution in [-0.4, -0.2) is 29.1 Å². The van der Waals surface area contributed by atoms with Crippen molar-refractivity contribution in [2.75, 3.05) is 18.0 Å². The predicted octanol–water partition coefficient (Wildman–Crippen LogP) is 1.74. The molecule has 0 bridgehead atoms. The van der Waals surface area contributed by atoms with Gasteiger partial charge in [0.15, 0.2) is 0 Å². The maximum atomic E-state index is 6.12. The Labute approximate surface area is 101 Å². The van der Waals surface area contributed by atoms with Crippen LogP contribution in [0.5, 0.6) is 0 Å². The quantitative estimate of drug-likeness (QED) is 0.784. The molecule has 90 valence electrons. The Bertz CT molecular complexity index is 486. The number of piperidine rings is 1. The van der Waals surface area contributed by atoms with Crippen molar-refractivity contribution >= 4 is 17.0 Å². The second-order valence-electron chi connectivity index (χ2n) is 4.95. The van der Waals surface area contributed by atoms with E-state index in [-0.39, 0.29) is 6.04 Å². The fourth-order valence-electron chi connectivity index (χ4n) is 2.38. The Morgan fingerprint density at radius 3 is 3.00 bits per heavy atom. The Morgan fingerprint density at radius 1 is 1.41 bits per heavy atom. The third kappa shape index (κ3) is 1.89. The summed E-state index contributed by atoms with van der Waals surface area (Å²) in [4.78, 5) is 10.2. The number of aromatic nitrogens is 2. The van der Waals surface area contributed by atoms with Gasteiger partial charge in [0, 0.05) is 19.1 Å². The molecule has 4 heteroatoms. The molecule has 0 radical (unpaired) electrons. The average Bonchev–Trinajstić information content (AvgIpc) is 2.76. The standard InChI is InChI=1S/C13H18N4/c1-9-6-7-17(8-10(9)14)13-15-11-4-2-3-5-12(11)16-13/h2-5,9-10H,6-8,14H2,1H3,(H,15,16).